The third-order valence-corrected chi connectivity index (χ3v) is 6.41. The summed E-state index contributed by atoms with van der Waals surface area (Å²) in [5, 5.41) is 3.47. The highest BCUT2D eigenvalue weighted by Crippen LogP contribution is 2.39. The van der Waals surface area contributed by atoms with E-state index < -0.39 is 0 Å². The Hall–Kier alpha value is -3.53. The number of methoxy groups -OCH3 is 3. The highest BCUT2D eigenvalue weighted by molar-refractivity contribution is 5.62. The van der Waals surface area contributed by atoms with Gasteiger partial charge in [-0.3, -0.25) is 0 Å². The molecule has 1 N–H and O–H groups in total. The Kier molecular flexibility index (Phi) is 6.14. The van der Waals surface area contributed by atoms with Crippen molar-refractivity contribution in [3.8, 4) is 22.9 Å². The number of nitrogens with one attached hydrogen (secondary N) is 1. The molecular formula is C24H31N7O3. The van der Waals surface area contributed by atoms with Gasteiger partial charge in [-0.05, 0) is 26.3 Å². The summed E-state index contributed by atoms with van der Waals surface area (Å²) in [6, 6.07) is 3.78. The van der Waals surface area contributed by atoms with Crippen molar-refractivity contribution in [2.24, 2.45) is 0 Å². The molecule has 5 rings (SSSR count). The molecule has 0 radical (unpaired) electrons. The molecule has 4 heterocycles. The quantitative estimate of drug-likeness (QED) is 0.565. The maximum absolute atomic E-state index is 5.50. The van der Waals surface area contributed by atoms with Gasteiger partial charge in [-0.1, -0.05) is 0 Å². The van der Waals surface area contributed by atoms with Gasteiger partial charge >= 0.3 is 0 Å². The highest BCUT2D eigenvalue weighted by Gasteiger charge is 2.24. The van der Waals surface area contributed by atoms with Crippen molar-refractivity contribution >= 4 is 17.6 Å². The second kappa shape index (κ2) is 9.38. The molecule has 3 aromatic rings. The Morgan fingerprint density at radius 2 is 1.68 bits per heavy atom. The van der Waals surface area contributed by atoms with Crippen LogP contribution in [-0.2, 0) is 13.0 Å². The summed E-state index contributed by atoms with van der Waals surface area (Å²) in [5.41, 5.74) is 3.11. The van der Waals surface area contributed by atoms with Crippen molar-refractivity contribution in [2.45, 2.75) is 25.8 Å². The van der Waals surface area contributed by atoms with Crippen LogP contribution in [0.1, 0.15) is 24.1 Å². The van der Waals surface area contributed by atoms with Gasteiger partial charge in [-0.15, -0.1) is 0 Å². The molecule has 180 valence electrons. The second-order valence-corrected chi connectivity index (χ2v) is 8.65. The van der Waals surface area contributed by atoms with E-state index in [9.17, 15) is 0 Å². The van der Waals surface area contributed by atoms with Crippen LogP contribution in [0, 0.1) is 0 Å². The summed E-state index contributed by atoms with van der Waals surface area (Å²) in [7, 11) is 6.94. The molecular weight excluding hydrogens is 434 g/mol. The molecule has 0 bridgehead atoms. The van der Waals surface area contributed by atoms with E-state index in [4.69, 9.17) is 24.2 Å². The molecule has 1 saturated heterocycles. The molecule has 10 heteroatoms. The van der Waals surface area contributed by atoms with Gasteiger partial charge < -0.3 is 33.9 Å². The van der Waals surface area contributed by atoms with Crippen molar-refractivity contribution < 1.29 is 14.2 Å². The largest absolute Gasteiger partial charge is 0.493 e. The van der Waals surface area contributed by atoms with Crippen LogP contribution < -0.4 is 24.4 Å². The van der Waals surface area contributed by atoms with E-state index >= 15 is 0 Å². The van der Waals surface area contributed by atoms with Crippen molar-refractivity contribution in [1.82, 2.24) is 24.4 Å². The number of imidazole rings is 1. The van der Waals surface area contributed by atoms with E-state index in [1.165, 1.54) is 18.4 Å². The first-order chi connectivity index (χ1) is 16.6. The summed E-state index contributed by atoms with van der Waals surface area (Å²) in [5.74, 6) is 4.09. The van der Waals surface area contributed by atoms with Gasteiger partial charge in [0.25, 0.3) is 0 Å². The Bertz CT molecular complexity index is 1150. The standard InChI is InChI=1S/C24H31N7O3/c1-29-10-7-17-18(13-29)26-24(30-8-5-6-9-30)28-23(17)27-21-14-31(15-25-21)16-11-19(32-2)22(34-4)20(12-16)33-3/h11-12,14-15H,5-10,13H2,1-4H3,(H,26,27,28). The fourth-order valence-corrected chi connectivity index (χ4v) is 4.58. The lowest BCUT2D eigenvalue weighted by Crippen LogP contribution is -2.30. The molecule has 34 heavy (non-hydrogen) atoms. The van der Waals surface area contributed by atoms with Crippen LogP contribution in [0.5, 0.6) is 17.2 Å². The molecule has 2 aromatic heterocycles. The van der Waals surface area contributed by atoms with Gasteiger partial charge in [0.1, 0.15) is 18.0 Å². The van der Waals surface area contributed by atoms with Crippen LogP contribution in [-0.4, -0.2) is 72.4 Å². The minimum atomic E-state index is 0.555. The average Bonchev–Trinajstić information content (AvgIpc) is 3.55. The molecule has 1 aromatic carbocycles. The molecule has 0 amide bonds. The first-order valence-corrected chi connectivity index (χ1v) is 11.5. The highest BCUT2D eigenvalue weighted by atomic mass is 16.5. The summed E-state index contributed by atoms with van der Waals surface area (Å²) in [6.45, 7) is 3.81. The molecule has 0 spiro atoms. The predicted molar refractivity (Wildman–Crippen MR) is 130 cm³/mol. The predicted octanol–water partition coefficient (Wildman–Crippen LogP) is 3.02. The minimum absolute atomic E-state index is 0.555. The van der Waals surface area contributed by atoms with Crippen LogP contribution >= 0.6 is 0 Å². The van der Waals surface area contributed by atoms with E-state index in [2.05, 4.69) is 27.1 Å². The summed E-state index contributed by atoms with van der Waals surface area (Å²) >= 11 is 0. The fraction of sp³-hybridized carbons (Fsp3) is 0.458. The molecule has 2 aliphatic rings. The number of ether oxygens (including phenoxy) is 3. The maximum Gasteiger partial charge on any atom is 0.227 e. The normalized spacial score (nSPS) is 15.8. The first kappa shape index (κ1) is 22.3. The van der Waals surface area contributed by atoms with Crippen LogP contribution in [0.25, 0.3) is 5.69 Å². The zero-order chi connectivity index (χ0) is 23.7. The Balaban J connectivity index is 1.47. The molecule has 0 atom stereocenters. The van der Waals surface area contributed by atoms with Crippen LogP contribution in [0.4, 0.5) is 17.6 Å². The number of hydrogen-bond acceptors (Lipinski definition) is 9. The van der Waals surface area contributed by atoms with Gasteiger partial charge in [0.15, 0.2) is 11.5 Å². The molecule has 0 saturated carbocycles. The minimum Gasteiger partial charge on any atom is -0.493 e. The van der Waals surface area contributed by atoms with E-state index in [0.29, 0.717) is 23.1 Å². The number of fused-ring (bicyclic) bond motifs is 1. The van der Waals surface area contributed by atoms with Gasteiger partial charge in [-0.25, -0.2) is 9.97 Å². The number of anilines is 3. The molecule has 1 fully saturated rings. The Labute approximate surface area is 199 Å². The van der Waals surface area contributed by atoms with Crippen LogP contribution in [0.2, 0.25) is 0 Å². The third kappa shape index (κ3) is 4.21. The lowest BCUT2D eigenvalue weighted by Gasteiger charge is -2.27. The summed E-state index contributed by atoms with van der Waals surface area (Å²) in [6.07, 6.45) is 6.96. The van der Waals surface area contributed by atoms with E-state index in [-0.39, 0.29) is 0 Å². The summed E-state index contributed by atoms with van der Waals surface area (Å²) in [4.78, 5) is 19.0. The molecule has 0 unspecified atom stereocenters. The maximum atomic E-state index is 5.50. The van der Waals surface area contributed by atoms with Crippen molar-refractivity contribution in [3.05, 3.63) is 35.9 Å². The van der Waals surface area contributed by atoms with Crippen LogP contribution in [0.3, 0.4) is 0 Å². The van der Waals surface area contributed by atoms with Crippen molar-refractivity contribution in [3.63, 3.8) is 0 Å². The van der Waals surface area contributed by atoms with Gasteiger partial charge in [0.05, 0.1) is 38.9 Å². The zero-order valence-electron chi connectivity index (χ0n) is 20.2. The topological polar surface area (TPSA) is 89.8 Å². The van der Waals surface area contributed by atoms with Gasteiger partial charge in [-0.2, -0.15) is 4.98 Å². The summed E-state index contributed by atoms with van der Waals surface area (Å²) < 4.78 is 18.3. The van der Waals surface area contributed by atoms with Gasteiger partial charge in [0, 0.05) is 43.9 Å². The van der Waals surface area contributed by atoms with Gasteiger partial charge in [0.2, 0.25) is 11.7 Å². The lowest BCUT2D eigenvalue weighted by molar-refractivity contribution is 0.307. The third-order valence-electron chi connectivity index (χ3n) is 6.41. The van der Waals surface area contributed by atoms with E-state index in [1.54, 1.807) is 27.7 Å². The SMILES string of the molecule is COc1cc(-n2cnc(Nc3nc(N4CCCC4)nc4c3CCN(C)C4)c2)cc(OC)c1OC. The van der Waals surface area contributed by atoms with Crippen molar-refractivity contribution in [2.75, 3.05) is 58.2 Å². The van der Waals surface area contributed by atoms with E-state index in [0.717, 1.165) is 55.7 Å². The Morgan fingerprint density at radius 3 is 2.35 bits per heavy atom. The lowest BCUT2D eigenvalue weighted by atomic mass is 10.1. The fourth-order valence-electron chi connectivity index (χ4n) is 4.58. The number of rotatable bonds is 7. The number of hydrogen-bond donors (Lipinski definition) is 1. The average molecular weight is 466 g/mol. The first-order valence-electron chi connectivity index (χ1n) is 11.5. The van der Waals surface area contributed by atoms with Crippen molar-refractivity contribution in [1.29, 1.82) is 0 Å². The molecule has 0 aliphatic carbocycles. The smallest absolute Gasteiger partial charge is 0.227 e. The number of likely N-dealkylation sites (N-methyl/N-ethyl adjacent to an activating group) is 1. The Morgan fingerprint density at radius 1 is 0.941 bits per heavy atom. The number of benzene rings is 1. The number of aromatic nitrogens is 4. The zero-order valence-corrected chi connectivity index (χ0v) is 20.2. The molecule has 2 aliphatic heterocycles. The second-order valence-electron chi connectivity index (χ2n) is 8.65. The van der Waals surface area contributed by atoms with E-state index in [1.807, 2.05) is 22.9 Å². The monoisotopic (exact) mass is 465 g/mol. The molecule has 10 nitrogen and oxygen atoms in total. The number of nitrogens with zero attached hydrogens (tertiary/aromatic N) is 6. The van der Waals surface area contributed by atoms with Crippen LogP contribution in [0.15, 0.2) is 24.7 Å².